The number of aryl methyl sites for hydroxylation is 2. The number of fused-ring (bicyclic) bond motifs is 3. The molecular formula is C26H30N4O2S2. The van der Waals surface area contributed by atoms with E-state index in [1.54, 1.807) is 0 Å². The van der Waals surface area contributed by atoms with Crippen LogP contribution in [0, 0.1) is 12.8 Å². The van der Waals surface area contributed by atoms with Gasteiger partial charge in [-0.25, -0.2) is 9.97 Å². The molecule has 0 saturated heterocycles. The van der Waals surface area contributed by atoms with Gasteiger partial charge in [-0.2, -0.15) is 0 Å². The molecule has 34 heavy (non-hydrogen) atoms. The molecule has 0 unspecified atom stereocenters. The molecule has 8 heteroatoms. The average Bonchev–Trinajstić information content (AvgIpc) is 3.60. The summed E-state index contributed by atoms with van der Waals surface area (Å²) in [4.78, 5) is 36.9. The lowest BCUT2D eigenvalue weighted by molar-refractivity contribution is -0.116. The first kappa shape index (κ1) is 23.3. The lowest BCUT2D eigenvalue weighted by Crippen LogP contribution is -2.15. The summed E-state index contributed by atoms with van der Waals surface area (Å²) in [5.41, 5.74) is 3.82. The Balaban J connectivity index is 1.32. The van der Waals surface area contributed by atoms with Crippen molar-refractivity contribution in [1.82, 2.24) is 9.97 Å². The fourth-order valence-electron chi connectivity index (χ4n) is 4.40. The molecule has 0 bridgehead atoms. The first-order chi connectivity index (χ1) is 16.4. The Bertz CT molecular complexity index is 1270. The molecule has 0 radical (unpaired) electrons. The molecule has 2 N–H and O–H groups in total. The summed E-state index contributed by atoms with van der Waals surface area (Å²) in [5.74, 6) is 2.34. The van der Waals surface area contributed by atoms with Gasteiger partial charge in [0.25, 0.3) is 0 Å². The van der Waals surface area contributed by atoms with Gasteiger partial charge in [0.2, 0.25) is 11.8 Å². The summed E-state index contributed by atoms with van der Waals surface area (Å²) >= 11 is 3.35. The van der Waals surface area contributed by atoms with E-state index >= 15 is 0 Å². The second kappa shape index (κ2) is 9.66. The highest BCUT2D eigenvalue weighted by molar-refractivity contribution is 8.00. The van der Waals surface area contributed by atoms with Crippen molar-refractivity contribution in [2.75, 3.05) is 16.4 Å². The van der Waals surface area contributed by atoms with Gasteiger partial charge >= 0.3 is 0 Å². The minimum Gasteiger partial charge on any atom is -0.326 e. The number of aromatic nitrogens is 2. The minimum absolute atomic E-state index is 0.0249. The summed E-state index contributed by atoms with van der Waals surface area (Å²) in [7, 11) is 0. The molecule has 6 nitrogen and oxygen atoms in total. The summed E-state index contributed by atoms with van der Waals surface area (Å²) < 4.78 is 0. The lowest BCUT2D eigenvalue weighted by atomic mass is 9.89. The summed E-state index contributed by atoms with van der Waals surface area (Å²) in [6.45, 7) is 6.07. The molecule has 2 amide bonds. The van der Waals surface area contributed by atoms with E-state index in [1.807, 2.05) is 43.4 Å². The summed E-state index contributed by atoms with van der Waals surface area (Å²) in [5, 5.41) is 8.02. The van der Waals surface area contributed by atoms with Gasteiger partial charge in [0.15, 0.2) is 0 Å². The number of hydrogen-bond acceptors (Lipinski definition) is 6. The van der Waals surface area contributed by atoms with Crippen molar-refractivity contribution in [2.24, 2.45) is 5.92 Å². The molecule has 0 aliphatic heterocycles. The molecule has 2 aliphatic rings. The number of nitrogens with one attached hydrogen (secondary N) is 2. The van der Waals surface area contributed by atoms with E-state index in [1.165, 1.54) is 34.0 Å². The number of thioether (sulfide) groups is 1. The van der Waals surface area contributed by atoms with Gasteiger partial charge in [-0.1, -0.05) is 25.6 Å². The van der Waals surface area contributed by atoms with Crippen LogP contribution in [0.4, 0.5) is 11.4 Å². The van der Waals surface area contributed by atoms with E-state index in [-0.39, 0.29) is 11.8 Å². The van der Waals surface area contributed by atoms with Crippen LogP contribution in [0.2, 0.25) is 0 Å². The van der Waals surface area contributed by atoms with Crippen molar-refractivity contribution in [2.45, 2.75) is 70.2 Å². The first-order valence-corrected chi connectivity index (χ1v) is 13.9. The van der Waals surface area contributed by atoms with Crippen LogP contribution < -0.4 is 10.6 Å². The number of anilines is 2. The highest BCUT2D eigenvalue weighted by Gasteiger charge is 2.30. The smallest absolute Gasteiger partial charge is 0.234 e. The van der Waals surface area contributed by atoms with Crippen molar-refractivity contribution in [3.63, 3.8) is 0 Å². The first-order valence-electron chi connectivity index (χ1n) is 12.1. The Morgan fingerprint density at radius 2 is 1.97 bits per heavy atom. The van der Waals surface area contributed by atoms with Crippen molar-refractivity contribution in [3.8, 4) is 0 Å². The van der Waals surface area contributed by atoms with Gasteiger partial charge < -0.3 is 10.6 Å². The topological polar surface area (TPSA) is 84.0 Å². The normalized spacial score (nSPS) is 17.4. The van der Waals surface area contributed by atoms with Gasteiger partial charge in [-0.05, 0) is 74.3 Å². The third-order valence-electron chi connectivity index (χ3n) is 6.53. The number of carbonyl (C=O) groups excluding carboxylic acids is 2. The fourth-order valence-corrected chi connectivity index (χ4v) is 6.72. The predicted molar refractivity (Wildman–Crippen MR) is 140 cm³/mol. The number of benzene rings is 1. The van der Waals surface area contributed by atoms with Crippen LogP contribution >= 0.6 is 23.1 Å². The standard InChI is InChI=1S/C26H30N4O2S2/c1-4-21(31)28-19-10-8-17(12-15(19)3)27-22(32)13-33-25-23-18-9-5-14(2)11-20(18)34-26(23)30-24(29-25)16-6-7-16/h8,10,12,14,16H,4-7,9,11,13H2,1-3H3,(H,27,32)(H,28,31)/t14-/m0/s1. The number of hydrogen-bond donors (Lipinski definition) is 2. The van der Waals surface area contributed by atoms with Crippen molar-refractivity contribution >= 4 is 56.5 Å². The third kappa shape index (κ3) is 4.98. The number of rotatable bonds is 7. The molecular weight excluding hydrogens is 464 g/mol. The number of amides is 2. The van der Waals surface area contributed by atoms with Crippen LogP contribution in [0.5, 0.6) is 0 Å². The molecule has 3 aromatic rings. The Hall–Kier alpha value is -2.45. The van der Waals surface area contributed by atoms with Crippen LogP contribution in [0.1, 0.15) is 67.3 Å². The monoisotopic (exact) mass is 494 g/mol. The fraction of sp³-hybridized carbons (Fsp3) is 0.462. The Labute approximate surface area is 208 Å². The molecule has 1 fully saturated rings. The SMILES string of the molecule is CCC(=O)Nc1ccc(NC(=O)CSc2nc(C3CC3)nc3sc4c(c23)CC[C@H](C)C4)cc1C. The van der Waals surface area contributed by atoms with Crippen molar-refractivity contribution in [3.05, 3.63) is 40.0 Å². The Kier molecular flexibility index (Phi) is 6.62. The van der Waals surface area contributed by atoms with Gasteiger partial charge in [-0.3, -0.25) is 9.59 Å². The van der Waals surface area contributed by atoms with E-state index in [9.17, 15) is 9.59 Å². The highest BCUT2D eigenvalue weighted by atomic mass is 32.2. The predicted octanol–water partition coefficient (Wildman–Crippen LogP) is 6.08. The van der Waals surface area contributed by atoms with Crippen molar-refractivity contribution < 1.29 is 9.59 Å². The molecule has 178 valence electrons. The highest BCUT2D eigenvalue weighted by Crippen LogP contribution is 2.44. The van der Waals surface area contributed by atoms with Crippen LogP contribution in [0.25, 0.3) is 10.2 Å². The molecule has 1 saturated carbocycles. The lowest BCUT2D eigenvalue weighted by Gasteiger charge is -2.18. The number of thiophene rings is 1. The van der Waals surface area contributed by atoms with E-state index < -0.39 is 0 Å². The summed E-state index contributed by atoms with van der Waals surface area (Å²) in [6, 6.07) is 5.55. The molecule has 2 aliphatic carbocycles. The van der Waals surface area contributed by atoms with Crippen LogP contribution in [-0.4, -0.2) is 27.5 Å². The van der Waals surface area contributed by atoms with E-state index in [4.69, 9.17) is 9.97 Å². The minimum atomic E-state index is -0.0628. The zero-order valence-electron chi connectivity index (χ0n) is 19.9. The quantitative estimate of drug-likeness (QED) is 0.307. The van der Waals surface area contributed by atoms with Gasteiger partial charge in [0.05, 0.1) is 5.75 Å². The zero-order chi connectivity index (χ0) is 23.8. The second-order valence-corrected chi connectivity index (χ2v) is 11.5. The largest absolute Gasteiger partial charge is 0.326 e. The average molecular weight is 495 g/mol. The van der Waals surface area contributed by atoms with Crippen LogP contribution in [-0.2, 0) is 22.4 Å². The van der Waals surface area contributed by atoms with Crippen LogP contribution in [0.15, 0.2) is 23.2 Å². The van der Waals surface area contributed by atoms with Gasteiger partial charge in [-0.15, -0.1) is 11.3 Å². The maximum atomic E-state index is 12.8. The van der Waals surface area contributed by atoms with Crippen LogP contribution in [0.3, 0.4) is 0 Å². The maximum absolute atomic E-state index is 12.8. The number of carbonyl (C=O) groups is 2. The van der Waals surface area contributed by atoms with Gasteiger partial charge in [0, 0.05) is 34.0 Å². The zero-order valence-corrected chi connectivity index (χ0v) is 21.5. The van der Waals surface area contributed by atoms with E-state index in [0.717, 1.165) is 58.3 Å². The second-order valence-electron chi connectivity index (χ2n) is 9.46. The Morgan fingerprint density at radius 3 is 2.71 bits per heavy atom. The molecule has 1 atom stereocenters. The molecule has 0 spiro atoms. The summed E-state index contributed by atoms with van der Waals surface area (Å²) in [6.07, 6.45) is 6.14. The van der Waals surface area contributed by atoms with E-state index in [0.29, 0.717) is 24.0 Å². The maximum Gasteiger partial charge on any atom is 0.234 e. The molecule has 1 aromatic carbocycles. The molecule has 5 rings (SSSR count). The van der Waals surface area contributed by atoms with Gasteiger partial charge in [0.1, 0.15) is 15.7 Å². The Morgan fingerprint density at radius 1 is 1.15 bits per heavy atom. The van der Waals surface area contributed by atoms with Crippen molar-refractivity contribution in [1.29, 1.82) is 0 Å². The molecule has 2 heterocycles. The molecule has 2 aromatic heterocycles. The number of nitrogens with zero attached hydrogens (tertiary/aromatic N) is 2. The van der Waals surface area contributed by atoms with E-state index in [2.05, 4.69) is 17.6 Å². The third-order valence-corrected chi connectivity index (χ3v) is 8.65.